The summed E-state index contributed by atoms with van der Waals surface area (Å²) in [4.78, 5) is 16.0. The lowest BCUT2D eigenvalue weighted by molar-refractivity contribution is -0.138. The molecule has 0 radical (unpaired) electrons. The standard InChI is InChI=1S/C18H13F3N4O2/c1-2-27-16-7-15-14(6-12(16)18(19,20)21)25-17(26)8-13(24-15)10-3-4-23-11(5-10)9-22/h3-8,24H,2H2,1H3,(H,25,26). The van der Waals surface area contributed by atoms with Crippen LogP contribution in [0.15, 0.2) is 36.5 Å². The number of nitrogens with zero attached hydrogens (tertiary/aromatic N) is 2. The van der Waals surface area contributed by atoms with Crippen molar-refractivity contribution in [3.8, 4) is 11.8 Å². The van der Waals surface area contributed by atoms with E-state index in [2.05, 4.69) is 15.6 Å². The Labute approximate surface area is 152 Å². The maximum Gasteiger partial charge on any atom is 0.420 e. The number of alkyl halides is 3. The first-order chi connectivity index (χ1) is 12.8. The van der Waals surface area contributed by atoms with E-state index in [1.165, 1.54) is 24.4 Å². The third-order valence-corrected chi connectivity index (χ3v) is 3.71. The van der Waals surface area contributed by atoms with Crippen molar-refractivity contribution < 1.29 is 22.7 Å². The monoisotopic (exact) mass is 374 g/mol. The average Bonchev–Trinajstić information content (AvgIpc) is 2.78. The Kier molecular flexibility index (Phi) is 4.73. The molecule has 0 atom stereocenters. The van der Waals surface area contributed by atoms with Crippen LogP contribution in [0, 0.1) is 11.3 Å². The van der Waals surface area contributed by atoms with Crippen LogP contribution in [0.1, 0.15) is 23.7 Å². The topological polar surface area (TPSA) is 87.0 Å². The number of anilines is 2. The molecule has 2 N–H and O–H groups in total. The Morgan fingerprint density at radius 1 is 1.22 bits per heavy atom. The highest BCUT2D eigenvalue weighted by Crippen LogP contribution is 2.42. The van der Waals surface area contributed by atoms with Crippen molar-refractivity contribution in [1.29, 1.82) is 5.26 Å². The van der Waals surface area contributed by atoms with Gasteiger partial charge in [-0.15, -0.1) is 0 Å². The highest BCUT2D eigenvalue weighted by Gasteiger charge is 2.36. The molecule has 3 rings (SSSR count). The second-order valence-corrected chi connectivity index (χ2v) is 5.54. The molecule has 0 bridgehead atoms. The molecule has 0 saturated carbocycles. The fourth-order valence-corrected chi connectivity index (χ4v) is 2.58. The van der Waals surface area contributed by atoms with Crippen LogP contribution in [-0.4, -0.2) is 17.5 Å². The van der Waals surface area contributed by atoms with Gasteiger partial charge in [-0.3, -0.25) is 4.79 Å². The summed E-state index contributed by atoms with van der Waals surface area (Å²) in [7, 11) is 0. The molecule has 27 heavy (non-hydrogen) atoms. The van der Waals surface area contributed by atoms with Crippen molar-refractivity contribution >= 4 is 23.0 Å². The quantitative estimate of drug-likeness (QED) is 0.854. The van der Waals surface area contributed by atoms with Gasteiger partial charge >= 0.3 is 6.18 Å². The van der Waals surface area contributed by atoms with Crippen LogP contribution in [0.3, 0.4) is 0 Å². The molecule has 0 aliphatic carbocycles. The number of pyridine rings is 1. The predicted octanol–water partition coefficient (Wildman–Crippen LogP) is 3.78. The summed E-state index contributed by atoms with van der Waals surface area (Å²) < 4.78 is 45.0. The van der Waals surface area contributed by atoms with Crippen molar-refractivity contribution in [3.05, 3.63) is 53.4 Å². The fourth-order valence-electron chi connectivity index (χ4n) is 2.58. The lowest BCUT2D eigenvalue weighted by Crippen LogP contribution is -2.12. The Bertz CT molecular complexity index is 978. The number of nitrogens with one attached hydrogen (secondary N) is 2. The van der Waals surface area contributed by atoms with Gasteiger partial charge in [0.1, 0.15) is 17.5 Å². The molecule has 2 aromatic rings. The van der Waals surface area contributed by atoms with Crippen molar-refractivity contribution in [2.45, 2.75) is 13.1 Å². The first kappa shape index (κ1) is 18.3. The summed E-state index contributed by atoms with van der Waals surface area (Å²) >= 11 is 0. The summed E-state index contributed by atoms with van der Waals surface area (Å²) in [6, 6.07) is 6.95. The number of ether oxygens (including phenoxy) is 1. The normalized spacial score (nSPS) is 13.4. The highest BCUT2D eigenvalue weighted by molar-refractivity contribution is 6.10. The third kappa shape index (κ3) is 3.84. The Hall–Kier alpha value is -3.54. The van der Waals surface area contributed by atoms with Gasteiger partial charge in [-0.05, 0) is 25.1 Å². The van der Waals surface area contributed by atoms with E-state index in [9.17, 15) is 18.0 Å². The van der Waals surface area contributed by atoms with Crippen LogP contribution in [0.25, 0.3) is 5.70 Å². The number of carbonyl (C=O) groups is 1. The summed E-state index contributed by atoms with van der Waals surface area (Å²) in [6.07, 6.45) is -2.04. The molecule has 1 aromatic carbocycles. The van der Waals surface area contributed by atoms with Crippen LogP contribution >= 0.6 is 0 Å². The van der Waals surface area contributed by atoms with Gasteiger partial charge in [-0.1, -0.05) is 0 Å². The van der Waals surface area contributed by atoms with Gasteiger partial charge in [-0.25, -0.2) is 4.98 Å². The van der Waals surface area contributed by atoms with Crippen LogP contribution in [0.4, 0.5) is 24.5 Å². The maximum atomic E-state index is 13.3. The number of benzene rings is 1. The predicted molar refractivity (Wildman–Crippen MR) is 91.8 cm³/mol. The molecule has 0 saturated heterocycles. The number of amides is 1. The van der Waals surface area contributed by atoms with Gasteiger partial charge in [-0.2, -0.15) is 18.4 Å². The van der Waals surface area contributed by atoms with E-state index in [1.54, 1.807) is 13.0 Å². The summed E-state index contributed by atoms with van der Waals surface area (Å²) in [5, 5.41) is 14.3. The fraction of sp³-hybridized carbons (Fsp3) is 0.167. The molecule has 1 amide bonds. The molecule has 9 heteroatoms. The minimum absolute atomic E-state index is 0.0309. The minimum Gasteiger partial charge on any atom is -0.493 e. The van der Waals surface area contributed by atoms with E-state index in [4.69, 9.17) is 10.00 Å². The Morgan fingerprint density at radius 2 is 1.96 bits per heavy atom. The highest BCUT2D eigenvalue weighted by atomic mass is 19.4. The SMILES string of the molecule is CCOc1cc2c(cc1C(F)(F)F)NC(=O)C=C(c1ccnc(C#N)c1)N2. The third-order valence-electron chi connectivity index (χ3n) is 3.71. The number of fused-ring (bicyclic) bond motifs is 1. The zero-order valence-electron chi connectivity index (χ0n) is 14.0. The summed E-state index contributed by atoms with van der Waals surface area (Å²) in [5.41, 5.74) is 0.164. The molecular formula is C18H13F3N4O2. The van der Waals surface area contributed by atoms with E-state index in [1.807, 2.05) is 6.07 Å². The molecule has 0 spiro atoms. The molecule has 6 nitrogen and oxygen atoms in total. The largest absolute Gasteiger partial charge is 0.493 e. The molecule has 1 aliphatic heterocycles. The molecule has 1 aliphatic rings. The molecule has 2 heterocycles. The van der Waals surface area contributed by atoms with Gasteiger partial charge in [0.05, 0.1) is 29.2 Å². The Morgan fingerprint density at radius 3 is 2.63 bits per heavy atom. The minimum atomic E-state index is -4.64. The number of rotatable bonds is 3. The summed E-state index contributed by atoms with van der Waals surface area (Å²) in [6.45, 7) is 1.62. The second kappa shape index (κ2) is 6.99. The van der Waals surface area contributed by atoms with E-state index < -0.39 is 17.6 Å². The second-order valence-electron chi connectivity index (χ2n) is 5.54. The van der Waals surface area contributed by atoms with Gasteiger partial charge in [0.15, 0.2) is 0 Å². The smallest absolute Gasteiger partial charge is 0.420 e. The van der Waals surface area contributed by atoms with Crippen LogP contribution in [0.2, 0.25) is 0 Å². The number of hydrogen-bond donors (Lipinski definition) is 2. The van der Waals surface area contributed by atoms with Crippen molar-refractivity contribution in [2.75, 3.05) is 17.2 Å². The molecule has 138 valence electrons. The van der Waals surface area contributed by atoms with Gasteiger partial charge in [0, 0.05) is 23.9 Å². The number of halogens is 3. The van der Waals surface area contributed by atoms with Crippen LogP contribution in [0.5, 0.6) is 5.75 Å². The summed E-state index contributed by atoms with van der Waals surface area (Å²) in [5.74, 6) is -0.956. The van der Waals surface area contributed by atoms with Crippen LogP contribution in [-0.2, 0) is 11.0 Å². The van der Waals surface area contributed by atoms with Crippen molar-refractivity contribution in [1.82, 2.24) is 4.98 Å². The van der Waals surface area contributed by atoms with Crippen LogP contribution < -0.4 is 15.4 Å². The van der Waals surface area contributed by atoms with Gasteiger partial charge in [0.2, 0.25) is 0 Å². The lowest BCUT2D eigenvalue weighted by atomic mass is 10.1. The average molecular weight is 374 g/mol. The van der Waals surface area contributed by atoms with Crippen molar-refractivity contribution in [3.63, 3.8) is 0 Å². The van der Waals surface area contributed by atoms with E-state index in [0.29, 0.717) is 11.3 Å². The van der Waals surface area contributed by atoms with E-state index in [-0.39, 0.29) is 29.4 Å². The van der Waals surface area contributed by atoms with Crippen molar-refractivity contribution in [2.24, 2.45) is 0 Å². The number of nitriles is 1. The number of carbonyl (C=O) groups excluding carboxylic acids is 1. The van der Waals surface area contributed by atoms with Gasteiger partial charge in [0.25, 0.3) is 5.91 Å². The zero-order chi connectivity index (χ0) is 19.6. The zero-order valence-corrected chi connectivity index (χ0v) is 14.0. The molecular weight excluding hydrogens is 361 g/mol. The lowest BCUT2D eigenvalue weighted by Gasteiger charge is -2.18. The number of aromatic nitrogens is 1. The maximum absolute atomic E-state index is 13.3. The first-order valence-electron chi connectivity index (χ1n) is 7.86. The van der Waals surface area contributed by atoms with E-state index >= 15 is 0 Å². The Balaban J connectivity index is 2.09. The van der Waals surface area contributed by atoms with Gasteiger partial charge < -0.3 is 15.4 Å². The van der Waals surface area contributed by atoms with E-state index in [0.717, 1.165) is 6.07 Å². The molecule has 0 fully saturated rings. The number of hydrogen-bond acceptors (Lipinski definition) is 5. The first-order valence-corrected chi connectivity index (χ1v) is 7.86. The molecule has 1 aromatic heterocycles. The molecule has 0 unspecified atom stereocenters.